The van der Waals surface area contributed by atoms with Gasteiger partial charge in [-0.15, -0.1) is 0 Å². The second-order valence-corrected chi connectivity index (χ2v) is 32.1. The fourth-order valence-corrected chi connectivity index (χ4v) is 15.4. The highest BCUT2D eigenvalue weighted by Crippen LogP contribution is 2.34. The SMILES string of the molecule is CCCCCCCCCC/C=C\CCCCCCCCCCCCCCCCCCCCCCCCCC(=O)NC(COC1OC(CO)C(OC2OC(CO)C(OC3OC(CO)C(O)C(O)C3O)C(O)C2O)C(O)C1O)C(O)/C=C/CCCCCCCCCCCCCCCCCCCCCCCCCC. The highest BCUT2D eigenvalue weighted by molar-refractivity contribution is 5.76. The Labute approximate surface area is 645 Å². The number of carbonyl (C=O) groups excluding carboxylic acids is 1. The van der Waals surface area contributed by atoms with Crippen molar-refractivity contribution in [2.75, 3.05) is 26.4 Å². The molecule has 0 saturated carbocycles. The lowest BCUT2D eigenvalue weighted by Gasteiger charge is -2.48. The van der Waals surface area contributed by atoms with E-state index in [0.717, 1.165) is 44.9 Å². The van der Waals surface area contributed by atoms with Crippen LogP contribution in [0.3, 0.4) is 0 Å². The van der Waals surface area contributed by atoms with Crippen LogP contribution in [0.5, 0.6) is 0 Å². The first-order valence-corrected chi connectivity index (χ1v) is 44.6. The summed E-state index contributed by atoms with van der Waals surface area (Å²) in [6.07, 6.45) is 57.6. The van der Waals surface area contributed by atoms with Gasteiger partial charge in [-0.3, -0.25) is 4.79 Å². The Balaban J connectivity index is 1.32. The molecule has 3 rings (SSSR count). The van der Waals surface area contributed by atoms with Crippen LogP contribution in [0.2, 0.25) is 0 Å². The van der Waals surface area contributed by atoms with Crippen molar-refractivity contribution in [2.45, 2.75) is 497 Å². The van der Waals surface area contributed by atoms with Crippen molar-refractivity contribution in [3.05, 3.63) is 24.3 Å². The van der Waals surface area contributed by atoms with E-state index in [0.29, 0.717) is 6.42 Å². The van der Waals surface area contributed by atoms with Crippen molar-refractivity contribution in [3.63, 3.8) is 0 Å². The van der Waals surface area contributed by atoms with E-state index in [2.05, 4.69) is 31.3 Å². The fourth-order valence-electron chi connectivity index (χ4n) is 15.4. The third-order valence-electron chi connectivity index (χ3n) is 22.5. The molecule has 17 unspecified atom stereocenters. The number of carbonyl (C=O) groups is 1. The predicted molar refractivity (Wildman–Crippen MR) is 425 cm³/mol. The van der Waals surface area contributed by atoms with Crippen molar-refractivity contribution in [3.8, 4) is 0 Å². The monoisotopic (exact) mass is 1510 g/mol. The number of hydrogen-bond acceptors (Lipinski definition) is 18. The first kappa shape index (κ1) is 98.5. The van der Waals surface area contributed by atoms with Crippen molar-refractivity contribution in [1.82, 2.24) is 5.32 Å². The number of rotatable bonds is 73. The number of allylic oxidation sites excluding steroid dienone is 3. The Kier molecular flexibility index (Phi) is 62.9. The number of aliphatic hydroxyl groups is 11. The van der Waals surface area contributed by atoms with E-state index in [4.69, 9.17) is 28.4 Å². The molecule has 3 aliphatic heterocycles. The third-order valence-corrected chi connectivity index (χ3v) is 22.5. The van der Waals surface area contributed by atoms with E-state index in [9.17, 15) is 61.0 Å². The Bertz CT molecular complexity index is 2000. The second kappa shape index (κ2) is 67.7. The largest absolute Gasteiger partial charge is 0.394 e. The molecule has 12 N–H and O–H groups in total. The molecule has 1 amide bonds. The number of nitrogens with one attached hydrogen (secondary N) is 1. The van der Waals surface area contributed by atoms with Gasteiger partial charge in [0.2, 0.25) is 5.91 Å². The van der Waals surface area contributed by atoms with Crippen LogP contribution < -0.4 is 5.32 Å². The minimum atomic E-state index is -1.98. The minimum Gasteiger partial charge on any atom is -0.394 e. The van der Waals surface area contributed by atoms with Crippen LogP contribution in [0.15, 0.2) is 24.3 Å². The molecular weight excluding hydrogens is 1350 g/mol. The smallest absolute Gasteiger partial charge is 0.220 e. The summed E-state index contributed by atoms with van der Waals surface area (Å²) in [5.74, 6) is -0.266. The number of aliphatic hydroxyl groups excluding tert-OH is 11. The zero-order chi connectivity index (χ0) is 76.7. The second-order valence-electron chi connectivity index (χ2n) is 32.1. The molecule has 3 heterocycles. The van der Waals surface area contributed by atoms with Crippen molar-refractivity contribution < 1.29 is 89.4 Å². The third kappa shape index (κ3) is 46.4. The molecule has 19 nitrogen and oxygen atoms in total. The molecule has 0 radical (unpaired) electrons. The number of unbranched alkanes of at least 4 members (excludes halogenated alkanes) is 55. The van der Waals surface area contributed by atoms with Gasteiger partial charge in [0.05, 0.1) is 38.6 Å². The highest BCUT2D eigenvalue weighted by Gasteiger charge is 2.54. The molecule has 3 saturated heterocycles. The Morgan fingerprint density at radius 2 is 0.594 bits per heavy atom. The molecule has 17 atom stereocenters. The van der Waals surface area contributed by atoms with Gasteiger partial charge in [-0.2, -0.15) is 0 Å². The molecule has 3 aliphatic rings. The Morgan fingerprint density at radius 1 is 0.330 bits per heavy atom. The van der Waals surface area contributed by atoms with Gasteiger partial charge in [0.1, 0.15) is 73.2 Å². The molecule has 0 aromatic rings. The van der Waals surface area contributed by atoms with Crippen LogP contribution in [0.4, 0.5) is 0 Å². The van der Waals surface area contributed by atoms with Crippen LogP contribution in [-0.4, -0.2) is 193 Å². The standard InChI is InChI=1S/C87H165NO18/c1-3-5-7-9-11-13-15-17-19-21-23-25-27-29-31-32-33-34-35-36-37-38-39-41-43-45-47-49-51-53-55-57-59-61-63-65-75(93)88-70(71(92)64-62-60-58-56-54-52-50-48-46-44-42-40-30-28-26-24-22-20-18-16-14-12-10-8-6-4-2)69-101-85-81(99)78(96)83(73(67-90)103-85)106-87-82(100)79(97)84(74(68-91)104-87)105-86-80(98)77(95)76(94)72(66-89)102-86/h21,23,62,64,70-74,76-87,89-92,94-100H,3-20,22,24-61,63,65-69H2,1-2H3,(H,88,93)/b23-21-,64-62+. The average molecular weight is 1510 g/mol. The van der Waals surface area contributed by atoms with Gasteiger partial charge in [-0.1, -0.05) is 366 Å². The first-order valence-electron chi connectivity index (χ1n) is 44.6. The number of ether oxygens (including phenoxy) is 6. The van der Waals surface area contributed by atoms with Gasteiger partial charge in [-0.25, -0.2) is 0 Å². The zero-order valence-corrected chi connectivity index (χ0v) is 67.4. The predicted octanol–water partition coefficient (Wildman–Crippen LogP) is 16.5. The molecule has 0 aromatic carbocycles. The maximum absolute atomic E-state index is 13.5. The van der Waals surface area contributed by atoms with Gasteiger partial charge < -0.3 is 89.9 Å². The molecule has 0 aromatic heterocycles. The van der Waals surface area contributed by atoms with Crippen LogP contribution in [0.25, 0.3) is 0 Å². The molecule has 19 heteroatoms. The summed E-state index contributed by atoms with van der Waals surface area (Å²) >= 11 is 0. The summed E-state index contributed by atoms with van der Waals surface area (Å²) in [5, 5.41) is 121. The van der Waals surface area contributed by atoms with E-state index in [1.807, 2.05) is 6.08 Å². The molecule has 0 bridgehead atoms. The van der Waals surface area contributed by atoms with Crippen molar-refractivity contribution in [2.24, 2.45) is 0 Å². The average Bonchev–Trinajstić information content (AvgIpc) is 0.779. The van der Waals surface area contributed by atoms with Crippen LogP contribution in [0.1, 0.15) is 393 Å². The number of amides is 1. The van der Waals surface area contributed by atoms with Gasteiger partial charge in [-0.05, 0) is 44.9 Å². The van der Waals surface area contributed by atoms with Crippen molar-refractivity contribution >= 4 is 5.91 Å². The maximum atomic E-state index is 13.5. The first-order chi connectivity index (χ1) is 51.8. The Morgan fingerprint density at radius 3 is 0.915 bits per heavy atom. The summed E-state index contributed by atoms with van der Waals surface area (Å²) in [7, 11) is 0. The lowest BCUT2D eigenvalue weighted by molar-refractivity contribution is -0.379. The van der Waals surface area contributed by atoms with E-state index in [-0.39, 0.29) is 18.9 Å². The van der Waals surface area contributed by atoms with Crippen LogP contribution >= 0.6 is 0 Å². The van der Waals surface area contributed by atoms with Crippen LogP contribution in [0, 0.1) is 0 Å². The summed E-state index contributed by atoms with van der Waals surface area (Å²) in [4.78, 5) is 13.5. The quantitative estimate of drug-likeness (QED) is 0.0199. The lowest BCUT2D eigenvalue weighted by Crippen LogP contribution is -2.66. The minimum absolute atomic E-state index is 0.249. The van der Waals surface area contributed by atoms with Gasteiger partial charge in [0.15, 0.2) is 18.9 Å². The summed E-state index contributed by atoms with van der Waals surface area (Å²) in [6.45, 7) is 1.81. The number of hydrogen-bond donors (Lipinski definition) is 12. The molecule has 106 heavy (non-hydrogen) atoms. The highest BCUT2D eigenvalue weighted by atomic mass is 16.8. The van der Waals surface area contributed by atoms with E-state index in [1.54, 1.807) is 6.08 Å². The lowest BCUT2D eigenvalue weighted by atomic mass is 9.96. The molecule has 3 fully saturated rings. The van der Waals surface area contributed by atoms with Crippen LogP contribution in [-0.2, 0) is 33.2 Å². The zero-order valence-electron chi connectivity index (χ0n) is 67.4. The summed E-state index contributed by atoms with van der Waals surface area (Å²) in [5.41, 5.74) is 0. The van der Waals surface area contributed by atoms with Gasteiger partial charge in [0, 0.05) is 6.42 Å². The topological polar surface area (TPSA) is 307 Å². The van der Waals surface area contributed by atoms with E-state index >= 15 is 0 Å². The summed E-state index contributed by atoms with van der Waals surface area (Å²) in [6, 6.07) is -0.972. The molecule has 0 spiro atoms. The Hall–Kier alpha value is -1.73. The normalized spacial score (nSPS) is 25.7. The summed E-state index contributed by atoms with van der Waals surface area (Å²) < 4.78 is 34.5. The fraction of sp³-hybridized carbons (Fsp3) is 0.943. The molecule has 626 valence electrons. The van der Waals surface area contributed by atoms with Gasteiger partial charge >= 0.3 is 0 Å². The van der Waals surface area contributed by atoms with E-state index < -0.39 is 124 Å². The maximum Gasteiger partial charge on any atom is 0.220 e. The van der Waals surface area contributed by atoms with E-state index in [1.165, 1.54) is 321 Å². The van der Waals surface area contributed by atoms with Crippen molar-refractivity contribution in [1.29, 1.82) is 0 Å². The molecular formula is C87H165NO18. The molecule has 0 aliphatic carbocycles. The van der Waals surface area contributed by atoms with Gasteiger partial charge in [0.25, 0.3) is 0 Å².